The molecule has 0 unspecified atom stereocenters. The first-order valence-corrected chi connectivity index (χ1v) is 12.3. The van der Waals surface area contributed by atoms with Crippen LogP contribution in [0.1, 0.15) is 40.1 Å². The summed E-state index contributed by atoms with van der Waals surface area (Å²) in [4.78, 5) is 27.4. The van der Waals surface area contributed by atoms with Crippen molar-refractivity contribution in [3.05, 3.63) is 46.3 Å². The number of morpholine rings is 1. The summed E-state index contributed by atoms with van der Waals surface area (Å²) in [6.45, 7) is 6.53. The summed E-state index contributed by atoms with van der Waals surface area (Å²) in [6.07, 6.45) is 5.10. The Bertz CT molecular complexity index is 1160. The Morgan fingerprint density at radius 2 is 1.94 bits per heavy atom. The summed E-state index contributed by atoms with van der Waals surface area (Å²) < 4.78 is 6.46. The lowest BCUT2D eigenvalue weighted by Gasteiger charge is -2.28. The van der Waals surface area contributed by atoms with E-state index in [0.717, 1.165) is 65.5 Å². The van der Waals surface area contributed by atoms with Crippen molar-refractivity contribution in [3.63, 3.8) is 0 Å². The second-order valence-electron chi connectivity index (χ2n) is 8.43. The molecular weight excluding hydrogens is 436 g/mol. The van der Waals surface area contributed by atoms with E-state index in [-0.39, 0.29) is 5.91 Å². The van der Waals surface area contributed by atoms with Gasteiger partial charge in [-0.05, 0) is 37.8 Å². The SMILES string of the molecule is Cc1cccc(/C=N/Nc2nc(N3CCOCC3)c3sc(C(=O)N4CCCCC4)cc3n2)c1. The number of amides is 1. The van der Waals surface area contributed by atoms with Crippen molar-refractivity contribution in [2.75, 3.05) is 49.7 Å². The molecule has 2 aromatic heterocycles. The average molecular weight is 465 g/mol. The molecule has 0 spiro atoms. The first-order chi connectivity index (χ1) is 16.2. The fourth-order valence-corrected chi connectivity index (χ4v) is 5.31. The van der Waals surface area contributed by atoms with Gasteiger partial charge in [-0.15, -0.1) is 11.3 Å². The smallest absolute Gasteiger partial charge is 0.264 e. The Labute approximate surface area is 197 Å². The van der Waals surface area contributed by atoms with Gasteiger partial charge in [0, 0.05) is 26.2 Å². The van der Waals surface area contributed by atoms with Gasteiger partial charge >= 0.3 is 0 Å². The zero-order valence-corrected chi connectivity index (χ0v) is 19.6. The Morgan fingerprint density at radius 3 is 2.73 bits per heavy atom. The summed E-state index contributed by atoms with van der Waals surface area (Å²) in [5, 5.41) is 4.35. The minimum Gasteiger partial charge on any atom is -0.378 e. The van der Waals surface area contributed by atoms with Crippen LogP contribution in [0.4, 0.5) is 11.8 Å². The molecule has 1 N–H and O–H groups in total. The van der Waals surface area contributed by atoms with Crippen LogP contribution in [0.15, 0.2) is 35.4 Å². The fourth-order valence-electron chi connectivity index (χ4n) is 4.23. The van der Waals surface area contributed by atoms with Gasteiger partial charge in [-0.1, -0.05) is 29.8 Å². The number of carbonyl (C=O) groups excluding carboxylic acids is 1. The third kappa shape index (κ3) is 4.99. The predicted octanol–water partition coefficient (Wildman–Crippen LogP) is 3.91. The van der Waals surface area contributed by atoms with Gasteiger partial charge in [0.05, 0.1) is 34.5 Å². The van der Waals surface area contributed by atoms with Crippen molar-refractivity contribution >= 4 is 45.4 Å². The highest BCUT2D eigenvalue weighted by Gasteiger charge is 2.24. The summed E-state index contributed by atoms with van der Waals surface area (Å²) >= 11 is 1.49. The highest BCUT2D eigenvalue weighted by molar-refractivity contribution is 7.21. The normalized spacial score (nSPS) is 17.1. The van der Waals surface area contributed by atoms with E-state index < -0.39 is 0 Å². The van der Waals surface area contributed by atoms with Gasteiger partial charge in [0.2, 0.25) is 5.95 Å². The number of benzene rings is 1. The van der Waals surface area contributed by atoms with Crippen LogP contribution in [-0.4, -0.2) is 66.4 Å². The van der Waals surface area contributed by atoms with Gasteiger partial charge in [0.25, 0.3) is 5.91 Å². The van der Waals surface area contributed by atoms with E-state index in [0.29, 0.717) is 19.2 Å². The van der Waals surface area contributed by atoms with Crippen LogP contribution in [-0.2, 0) is 4.74 Å². The highest BCUT2D eigenvalue weighted by atomic mass is 32.1. The largest absolute Gasteiger partial charge is 0.378 e. The number of hydrogen-bond donors (Lipinski definition) is 1. The van der Waals surface area contributed by atoms with Gasteiger partial charge < -0.3 is 14.5 Å². The van der Waals surface area contributed by atoms with Gasteiger partial charge in [-0.2, -0.15) is 10.1 Å². The first kappa shape index (κ1) is 21.8. The molecule has 1 aromatic carbocycles. The lowest BCUT2D eigenvalue weighted by molar-refractivity contribution is 0.0729. The maximum absolute atomic E-state index is 13.1. The standard InChI is InChI=1S/C24H28N6O2S/c1-17-6-5-7-18(14-17)16-25-28-24-26-19-15-20(23(31)30-8-3-2-4-9-30)33-21(19)22(27-24)29-10-12-32-13-11-29/h5-7,14-16H,2-4,8-13H2,1H3,(H,26,27,28)/b25-16+. The molecule has 1 amide bonds. The van der Waals surface area contributed by atoms with Crippen LogP contribution in [0.2, 0.25) is 0 Å². The number of anilines is 2. The van der Waals surface area contributed by atoms with Gasteiger partial charge in [-0.3, -0.25) is 4.79 Å². The highest BCUT2D eigenvalue weighted by Crippen LogP contribution is 2.34. The Balaban J connectivity index is 1.45. The fraction of sp³-hybridized carbons (Fsp3) is 0.417. The number of rotatable bonds is 5. The van der Waals surface area contributed by atoms with E-state index in [2.05, 4.69) is 39.5 Å². The van der Waals surface area contributed by atoms with E-state index in [1.54, 1.807) is 6.21 Å². The van der Waals surface area contributed by atoms with Crippen molar-refractivity contribution in [2.24, 2.45) is 5.10 Å². The zero-order chi connectivity index (χ0) is 22.6. The number of likely N-dealkylation sites (tertiary alicyclic amines) is 1. The van der Waals surface area contributed by atoms with E-state index in [9.17, 15) is 4.79 Å². The van der Waals surface area contributed by atoms with E-state index in [1.165, 1.54) is 23.3 Å². The summed E-state index contributed by atoms with van der Waals surface area (Å²) in [7, 11) is 0. The minimum atomic E-state index is 0.0950. The lowest BCUT2D eigenvalue weighted by atomic mass is 10.1. The second-order valence-corrected chi connectivity index (χ2v) is 9.48. The number of fused-ring (bicyclic) bond motifs is 1. The molecular formula is C24H28N6O2S. The minimum absolute atomic E-state index is 0.0950. The predicted molar refractivity (Wildman–Crippen MR) is 133 cm³/mol. The van der Waals surface area contributed by atoms with Gasteiger partial charge in [0.15, 0.2) is 5.82 Å². The molecule has 9 heteroatoms. The summed E-state index contributed by atoms with van der Waals surface area (Å²) in [5.74, 6) is 1.35. The molecule has 4 heterocycles. The molecule has 2 aliphatic heterocycles. The third-order valence-electron chi connectivity index (χ3n) is 5.94. The van der Waals surface area contributed by atoms with Crippen molar-refractivity contribution in [3.8, 4) is 0 Å². The van der Waals surface area contributed by atoms with Gasteiger partial charge in [-0.25, -0.2) is 10.4 Å². The average Bonchev–Trinajstić information content (AvgIpc) is 3.28. The van der Waals surface area contributed by atoms with Crippen LogP contribution in [0.25, 0.3) is 10.2 Å². The topological polar surface area (TPSA) is 82.9 Å². The molecule has 5 rings (SSSR count). The van der Waals surface area contributed by atoms with E-state index in [4.69, 9.17) is 9.72 Å². The van der Waals surface area contributed by atoms with Crippen molar-refractivity contribution in [2.45, 2.75) is 26.2 Å². The zero-order valence-electron chi connectivity index (χ0n) is 18.8. The molecule has 172 valence electrons. The molecule has 33 heavy (non-hydrogen) atoms. The van der Waals surface area contributed by atoms with Crippen LogP contribution in [0.3, 0.4) is 0 Å². The number of hydrazone groups is 1. The number of ether oxygens (including phenoxy) is 1. The summed E-state index contributed by atoms with van der Waals surface area (Å²) in [5.41, 5.74) is 5.93. The maximum atomic E-state index is 13.1. The van der Waals surface area contributed by atoms with Crippen molar-refractivity contribution < 1.29 is 9.53 Å². The maximum Gasteiger partial charge on any atom is 0.264 e. The molecule has 0 bridgehead atoms. The number of nitrogens with zero attached hydrogens (tertiary/aromatic N) is 5. The molecule has 0 saturated carbocycles. The number of carbonyl (C=O) groups is 1. The van der Waals surface area contributed by atoms with E-state index in [1.807, 2.05) is 23.1 Å². The number of aryl methyl sites for hydroxylation is 1. The van der Waals surface area contributed by atoms with Crippen molar-refractivity contribution in [1.29, 1.82) is 0 Å². The Hall–Kier alpha value is -3.04. The molecule has 2 fully saturated rings. The summed E-state index contributed by atoms with van der Waals surface area (Å²) in [6, 6.07) is 10.0. The Kier molecular flexibility index (Phi) is 6.50. The van der Waals surface area contributed by atoms with Crippen LogP contribution in [0, 0.1) is 6.92 Å². The van der Waals surface area contributed by atoms with E-state index >= 15 is 0 Å². The quantitative estimate of drug-likeness (QED) is 0.455. The number of nitrogens with one attached hydrogen (secondary N) is 1. The molecule has 0 radical (unpaired) electrons. The lowest BCUT2D eigenvalue weighted by Crippen LogP contribution is -2.37. The molecule has 2 aliphatic rings. The monoisotopic (exact) mass is 464 g/mol. The molecule has 3 aromatic rings. The molecule has 2 saturated heterocycles. The second kappa shape index (κ2) is 9.84. The number of thiophene rings is 1. The van der Waals surface area contributed by atoms with Crippen molar-refractivity contribution in [1.82, 2.24) is 14.9 Å². The number of piperidine rings is 1. The van der Waals surface area contributed by atoms with Crippen LogP contribution < -0.4 is 10.3 Å². The van der Waals surface area contributed by atoms with Crippen LogP contribution in [0.5, 0.6) is 0 Å². The first-order valence-electron chi connectivity index (χ1n) is 11.5. The van der Waals surface area contributed by atoms with Crippen LogP contribution >= 0.6 is 11.3 Å². The van der Waals surface area contributed by atoms with Gasteiger partial charge in [0.1, 0.15) is 0 Å². The number of aromatic nitrogens is 2. The molecule has 0 atom stereocenters. The third-order valence-corrected chi connectivity index (χ3v) is 7.05. The molecule has 0 aliphatic carbocycles. The Morgan fingerprint density at radius 1 is 1.12 bits per heavy atom. The molecule has 8 nitrogen and oxygen atoms in total. The number of hydrogen-bond acceptors (Lipinski definition) is 8.